The molecule has 1 N–H and O–H groups in total. The highest BCUT2D eigenvalue weighted by Crippen LogP contribution is 2.12. The Balaban J connectivity index is 2.12. The van der Waals surface area contributed by atoms with E-state index in [2.05, 4.69) is 46.3 Å². The van der Waals surface area contributed by atoms with E-state index in [-0.39, 0.29) is 0 Å². The van der Waals surface area contributed by atoms with Crippen LogP contribution in [-0.4, -0.2) is 41.3 Å². The third-order valence-corrected chi connectivity index (χ3v) is 2.74. The number of aromatic nitrogens is 7. The molecule has 9 heteroatoms. The molecule has 0 radical (unpaired) electrons. The number of nitrogens with zero attached hydrogens (tertiary/aromatic N) is 7. The van der Waals surface area contributed by atoms with Crippen LogP contribution in [0, 0.1) is 0 Å². The number of nitrogens with one attached hydrogen (secondary N) is 1. The van der Waals surface area contributed by atoms with Crippen molar-refractivity contribution in [3.8, 4) is 11.9 Å². The summed E-state index contributed by atoms with van der Waals surface area (Å²) in [5, 5.41) is 7.05. The molecule has 0 saturated carbocycles. The molecular weight excluding hydrogens is 312 g/mol. The van der Waals surface area contributed by atoms with Gasteiger partial charge in [0.1, 0.15) is 6.33 Å². The number of hydrogen-bond donors (Lipinski definition) is 1. The van der Waals surface area contributed by atoms with E-state index >= 15 is 0 Å². The maximum atomic E-state index is 4.35. The van der Waals surface area contributed by atoms with Crippen molar-refractivity contribution in [3.05, 3.63) is 35.6 Å². The molecule has 19 heavy (non-hydrogen) atoms. The largest absolute Gasteiger partial charge is 0.357 e. The maximum Gasteiger partial charge on any atom is 0.257 e. The van der Waals surface area contributed by atoms with E-state index in [0.29, 0.717) is 17.8 Å². The molecule has 0 aliphatic carbocycles. The monoisotopic (exact) mass is 320 g/mol. The standard InChI is InChI=1S/C10H9BrN8/c1-12-8-15-9(18-3-2-13-6-18)17-10(16-8)19-5-7(11)4-14-19/h2-6H,1H3,(H,12,15,16,17). The highest BCUT2D eigenvalue weighted by Gasteiger charge is 2.09. The van der Waals surface area contributed by atoms with Gasteiger partial charge in [-0.05, 0) is 15.9 Å². The zero-order valence-electron chi connectivity index (χ0n) is 9.90. The predicted octanol–water partition coefficient (Wildman–Crippen LogP) is 1.05. The van der Waals surface area contributed by atoms with Gasteiger partial charge in [-0.3, -0.25) is 4.57 Å². The number of halogens is 1. The average Bonchev–Trinajstić information content (AvgIpc) is 3.09. The first-order valence-corrected chi connectivity index (χ1v) is 6.18. The second-order valence-corrected chi connectivity index (χ2v) is 4.50. The fourth-order valence-electron chi connectivity index (χ4n) is 1.47. The molecule has 0 aliphatic heterocycles. The Labute approximate surface area is 116 Å². The molecule has 0 aliphatic rings. The molecule has 0 saturated heterocycles. The van der Waals surface area contributed by atoms with E-state index in [1.54, 1.807) is 47.4 Å². The summed E-state index contributed by atoms with van der Waals surface area (Å²) in [6, 6.07) is 0. The Morgan fingerprint density at radius 2 is 2.05 bits per heavy atom. The number of anilines is 1. The third-order valence-electron chi connectivity index (χ3n) is 2.33. The van der Waals surface area contributed by atoms with Crippen LogP contribution in [0.15, 0.2) is 35.6 Å². The van der Waals surface area contributed by atoms with Crippen molar-refractivity contribution in [1.29, 1.82) is 0 Å². The Hall–Kier alpha value is -2.29. The van der Waals surface area contributed by atoms with Crippen molar-refractivity contribution in [2.75, 3.05) is 12.4 Å². The lowest BCUT2D eigenvalue weighted by molar-refractivity contribution is 0.776. The van der Waals surface area contributed by atoms with E-state index < -0.39 is 0 Å². The molecule has 0 unspecified atom stereocenters. The van der Waals surface area contributed by atoms with Gasteiger partial charge in [-0.25, -0.2) is 9.67 Å². The number of rotatable bonds is 3. The van der Waals surface area contributed by atoms with Gasteiger partial charge in [0.15, 0.2) is 0 Å². The van der Waals surface area contributed by atoms with Crippen LogP contribution in [-0.2, 0) is 0 Å². The van der Waals surface area contributed by atoms with Gasteiger partial charge in [0.25, 0.3) is 5.95 Å². The van der Waals surface area contributed by atoms with Crippen LogP contribution < -0.4 is 5.32 Å². The Bertz CT molecular complexity index is 689. The zero-order chi connectivity index (χ0) is 13.2. The Kier molecular flexibility index (Phi) is 2.95. The van der Waals surface area contributed by atoms with Crippen molar-refractivity contribution in [3.63, 3.8) is 0 Å². The number of hydrogen-bond acceptors (Lipinski definition) is 6. The van der Waals surface area contributed by atoms with Crippen LogP contribution >= 0.6 is 15.9 Å². The Morgan fingerprint density at radius 3 is 2.68 bits per heavy atom. The summed E-state index contributed by atoms with van der Waals surface area (Å²) in [7, 11) is 1.75. The minimum absolute atomic E-state index is 0.425. The first kappa shape index (κ1) is 11.8. The van der Waals surface area contributed by atoms with E-state index in [9.17, 15) is 0 Å². The van der Waals surface area contributed by atoms with Gasteiger partial charge >= 0.3 is 0 Å². The molecule has 96 valence electrons. The van der Waals surface area contributed by atoms with Crippen LogP contribution in [0.1, 0.15) is 0 Å². The lowest BCUT2D eigenvalue weighted by Crippen LogP contribution is -2.10. The zero-order valence-corrected chi connectivity index (χ0v) is 11.5. The lowest BCUT2D eigenvalue weighted by atomic mass is 10.7. The normalized spacial score (nSPS) is 10.6. The SMILES string of the molecule is CNc1nc(-n2ccnc2)nc(-n2cc(Br)cn2)n1. The molecule has 3 aromatic rings. The molecule has 0 spiro atoms. The van der Waals surface area contributed by atoms with Crippen LogP contribution in [0.3, 0.4) is 0 Å². The van der Waals surface area contributed by atoms with Gasteiger partial charge in [-0.1, -0.05) is 0 Å². The van der Waals surface area contributed by atoms with E-state index in [4.69, 9.17) is 0 Å². The third kappa shape index (κ3) is 2.32. The van der Waals surface area contributed by atoms with Gasteiger partial charge in [0, 0.05) is 25.6 Å². The van der Waals surface area contributed by atoms with Crippen LogP contribution in [0.4, 0.5) is 5.95 Å². The van der Waals surface area contributed by atoms with Crippen molar-refractivity contribution in [2.24, 2.45) is 0 Å². The molecule has 0 atom stereocenters. The highest BCUT2D eigenvalue weighted by molar-refractivity contribution is 9.10. The summed E-state index contributed by atoms with van der Waals surface area (Å²) in [6.07, 6.45) is 8.48. The van der Waals surface area contributed by atoms with Crippen LogP contribution in [0.5, 0.6) is 0 Å². The Morgan fingerprint density at radius 1 is 1.21 bits per heavy atom. The average molecular weight is 321 g/mol. The number of imidazole rings is 1. The van der Waals surface area contributed by atoms with E-state index in [0.717, 1.165) is 4.47 Å². The first-order chi connectivity index (χ1) is 9.26. The predicted molar refractivity (Wildman–Crippen MR) is 71.3 cm³/mol. The molecule has 3 rings (SSSR count). The molecule has 3 heterocycles. The molecule has 0 aromatic carbocycles. The molecular formula is C10H9BrN8. The van der Waals surface area contributed by atoms with Gasteiger partial charge in [-0.15, -0.1) is 0 Å². The summed E-state index contributed by atoms with van der Waals surface area (Å²) < 4.78 is 4.11. The summed E-state index contributed by atoms with van der Waals surface area (Å²) in [6.45, 7) is 0. The summed E-state index contributed by atoms with van der Waals surface area (Å²) in [5.41, 5.74) is 0. The fraction of sp³-hybridized carbons (Fsp3) is 0.100. The maximum absolute atomic E-state index is 4.35. The summed E-state index contributed by atoms with van der Waals surface area (Å²) in [5.74, 6) is 1.35. The summed E-state index contributed by atoms with van der Waals surface area (Å²) >= 11 is 3.34. The van der Waals surface area contributed by atoms with Gasteiger partial charge in [-0.2, -0.15) is 20.1 Å². The molecule has 3 aromatic heterocycles. The lowest BCUT2D eigenvalue weighted by Gasteiger charge is -2.06. The molecule has 0 amide bonds. The minimum atomic E-state index is 0.425. The van der Waals surface area contributed by atoms with E-state index in [1.807, 2.05) is 0 Å². The topological polar surface area (TPSA) is 86.3 Å². The van der Waals surface area contributed by atoms with Gasteiger partial charge in [0.2, 0.25) is 11.9 Å². The van der Waals surface area contributed by atoms with Crippen molar-refractivity contribution in [2.45, 2.75) is 0 Å². The van der Waals surface area contributed by atoms with Crippen molar-refractivity contribution in [1.82, 2.24) is 34.3 Å². The smallest absolute Gasteiger partial charge is 0.257 e. The first-order valence-electron chi connectivity index (χ1n) is 5.39. The van der Waals surface area contributed by atoms with Gasteiger partial charge in [0.05, 0.1) is 10.7 Å². The van der Waals surface area contributed by atoms with Crippen molar-refractivity contribution >= 4 is 21.9 Å². The van der Waals surface area contributed by atoms with Crippen LogP contribution in [0.2, 0.25) is 0 Å². The molecule has 8 nitrogen and oxygen atoms in total. The van der Waals surface area contributed by atoms with Crippen LogP contribution in [0.25, 0.3) is 11.9 Å². The van der Waals surface area contributed by atoms with E-state index in [1.165, 1.54) is 0 Å². The van der Waals surface area contributed by atoms with Crippen molar-refractivity contribution < 1.29 is 0 Å². The van der Waals surface area contributed by atoms with Gasteiger partial charge < -0.3 is 5.32 Å². The fourth-order valence-corrected chi connectivity index (χ4v) is 1.76. The molecule has 0 bridgehead atoms. The quantitative estimate of drug-likeness (QED) is 0.776. The minimum Gasteiger partial charge on any atom is -0.357 e. The molecule has 0 fully saturated rings. The highest BCUT2D eigenvalue weighted by atomic mass is 79.9. The summed E-state index contributed by atoms with van der Waals surface area (Å²) in [4.78, 5) is 16.8. The second-order valence-electron chi connectivity index (χ2n) is 3.58. The second kappa shape index (κ2) is 4.76.